The predicted molar refractivity (Wildman–Crippen MR) is 104 cm³/mol. The normalized spacial score (nSPS) is 14.8. The molecule has 8 heteroatoms. The number of aromatic nitrogens is 2. The van der Waals surface area contributed by atoms with Crippen molar-refractivity contribution in [2.45, 2.75) is 6.04 Å². The largest absolute Gasteiger partial charge is 0.405 e. The van der Waals surface area contributed by atoms with Gasteiger partial charge in [0.15, 0.2) is 0 Å². The lowest BCUT2D eigenvalue weighted by molar-refractivity contribution is 0.0937. The van der Waals surface area contributed by atoms with Crippen molar-refractivity contribution < 1.29 is 13.9 Å². The van der Waals surface area contributed by atoms with Crippen LogP contribution in [0.4, 0.5) is 6.01 Å². The monoisotopic (exact) mass is 389 g/mol. The van der Waals surface area contributed by atoms with Gasteiger partial charge < -0.3 is 19.4 Å². The van der Waals surface area contributed by atoms with Crippen molar-refractivity contribution in [2.75, 3.05) is 31.2 Å². The van der Waals surface area contributed by atoms with Crippen molar-refractivity contribution in [1.82, 2.24) is 15.5 Å². The molecule has 1 unspecified atom stereocenters. The van der Waals surface area contributed by atoms with Gasteiger partial charge in [-0.1, -0.05) is 35.4 Å². The van der Waals surface area contributed by atoms with Crippen LogP contribution in [0.25, 0.3) is 0 Å². The van der Waals surface area contributed by atoms with Gasteiger partial charge in [0.1, 0.15) is 6.04 Å². The Labute approximate surface area is 167 Å². The van der Waals surface area contributed by atoms with E-state index < -0.39 is 6.04 Å². The maximum Gasteiger partial charge on any atom is 0.318 e. The molecular weight excluding hydrogens is 370 g/mol. The molecule has 0 spiro atoms. The highest BCUT2D eigenvalue weighted by molar-refractivity contribution is 5.94. The molecule has 1 aliphatic rings. The number of ether oxygens (including phenoxy) is 1. The van der Waals surface area contributed by atoms with Crippen LogP contribution in [0.5, 0.6) is 0 Å². The SMILES string of the molecule is N#Cc1ccc(C(=O)NC(c2ccccc2)c2nnc(N3CCOCC3)o2)cc1. The van der Waals surface area contributed by atoms with Crippen LogP contribution < -0.4 is 10.2 Å². The van der Waals surface area contributed by atoms with Crippen LogP contribution >= 0.6 is 0 Å². The Morgan fingerprint density at radius 3 is 2.48 bits per heavy atom. The summed E-state index contributed by atoms with van der Waals surface area (Å²) in [6.45, 7) is 2.56. The zero-order chi connectivity index (χ0) is 20.1. The molecule has 1 aliphatic heterocycles. The third-order valence-corrected chi connectivity index (χ3v) is 4.64. The van der Waals surface area contributed by atoms with Crippen molar-refractivity contribution in [3.63, 3.8) is 0 Å². The molecule has 146 valence electrons. The summed E-state index contributed by atoms with van der Waals surface area (Å²) < 4.78 is 11.3. The van der Waals surface area contributed by atoms with Gasteiger partial charge in [0, 0.05) is 18.7 Å². The number of benzene rings is 2. The first-order valence-corrected chi connectivity index (χ1v) is 9.26. The maximum absolute atomic E-state index is 12.8. The molecule has 8 nitrogen and oxygen atoms in total. The number of hydrogen-bond acceptors (Lipinski definition) is 7. The number of amides is 1. The van der Waals surface area contributed by atoms with E-state index in [9.17, 15) is 4.79 Å². The third kappa shape index (κ3) is 4.25. The molecule has 0 bridgehead atoms. The predicted octanol–water partition coefficient (Wildman–Crippen LogP) is 2.30. The highest BCUT2D eigenvalue weighted by Gasteiger charge is 2.25. The highest BCUT2D eigenvalue weighted by Crippen LogP contribution is 2.24. The van der Waals surface area contributed by atoms with Crippen LogP contribution in [-0.2, 0) is 4.74 Å². The first-order valence-electron chi connectivity index (χ1n) is 9.26. The summed E-state index contributed by atoms with van der Waals surface area (Å²) in [5.74, 6) is 0.00847. The number of nitrogens with one attached hydrogen (secondary N) is 1. The van der Waals surface area contributed by atoms with Gasteiger partial charge in [-0.05, 0) is 29.8 Å². The molecule has 0 radical (unpaired) electrons. The van der Waals surface area contributed by atoms with Gasteiger partial charge in [0.2, 0.25) is 5.89 Å². The second-order valence-corrected chi connectivity index (χ2v) is 6.53. The number of hydrogen-bond donors (Lipinski definition) is 1. The van der Waals surface area contributed by atoms with Gasteiger partial charge in [-0.3, -0.25) is 4.79 Å². The molecule has 0 aliphatic carbocycles. The number of rotatable bonds is 5. The van der Waals surface area contributed by atoms with E-state index >= 15 is 0 Å². The van der Waals surface area contributed by atoms with Gasteiger partial charge >= 0.3 is 6.01 Å². The summed E-state index contributed by atoms with van der Waals surface area (Å²) >= 11 is 0. The van der Waals surface area contributed by atoms with Gasteiger partial charge in [-0.2, -0.15) is 5.26 Å². The lowest BCUT2D eigenvalue weighted by atomic mass is 10.1. The second-order valence-electron chi connectivity index (χ2n) is 6.53. The molecule has 29 heavy (non-hydrogen) atoms. The number of nitrogens with zero attached hydrogens (tertiary/aromatic N) is 4. The van der Waals surface area contributed by atoms with Crippen molar-refractivity contribution >= 4 is 11.9 Å². The van der Waals surface area contributed by atoms with Crippen molar-refractivity contribution in [3.8, 4) is 6.07 Å². The summed E-state index contributed by atoms with van der Waals surface area (Å²) in [5.41, 5.74) is 1.76. The van der Waals surface area contributed by atoms with E-state index in [0.29, 0.717) is 49.3 Å². The minimum absolute atomic E-state index is 0.297. The van der Waals surface area contributed by atoms with E-state index in [0.717, 1.165) is 5.56 Å². The average Bonchev–Trinajstić information content (AvgIpc) is 3.28. The Morgan fingerprint density at radius 2 is 1.79 bits per heavy atom. The smallest absolute Gasteiger partial charge is 0.318 e. The summed E-state index contributed by atoms with van der Waals surface area (Å²) in [4.78, 5) is 14.8. The number of nitriles is 1. The van der Waals surface area contributed by atoms with E-state index in [1.165, 1.54) is 0 Å². The van der Waals surface area contributed by atoms with E-state index in [-0.39, 0.29) is 5.91 Å². The Balaban J connectivity index is 1.59. The number of carbonyl (C=O) groups excluding carboxylic acids is 1. The topological polar surface area (TPSA) is 104 Å². The highest BCUT2D eigenvalue weighted by atomic mass is 16.5. The fraction of sp³-hybridized carbons (Fsp3) is 0.238. The fourth-order valence-corrected chi connectivity index (χ4v) is 3.07. The minimum Gasteiger partial charge on any atom is -0.405 e. The summed E-state index contributed by atoms with van der Waals surface area (Å²) in [6.07, 6.45) is 0. The Morgan fingerprint density at radius 1 is 1.07 bits per heavy atom. The second kappa shape index (κ2) is 8.54. The molecular formula is C21H19N5O3. The minimum atomic E-state index is -0.596. The van der Waals surface area contributed by atoms with E-state index in [4.69, 9.17) is 14.4 Å². The van der Waals surface area contributed by atoms with Crippen LogP contribution in [0.2, 0.25) is 0 Å². The zero-order valence-electron chi connectivity index (χ0n) is 15.6. The first-order chi connectivity index (χ1) is 14.2. The molecule has 1 atom stereocenters. The molecule has 2 aromatic carbocycles. The molecule has 1 N–H and O–H groups in total. The van der Waals surface area contributed by atoms with Crippen LogP contribution in [0.15, 0.2) is 59.0 Å². The zero-order valence-corrected chi connectivity index (χ0v) is 15.6. The third-order valence-electron chi connectivity index (χ3n) is 4.64. The molecule has 1 amide bonds. The summed E-state index contributed by atoms with van der Waals surface area (Å²) in [7, 11) is 0. The van der Waals surface area contributed by atoms with Crippen LogP contribution in [0.1, 0.15) is 33.4 Å². The van der Waals surface area contributed by atoms with Gasteiger partial charge in [-0.25, -0.2) is 0 Å². The average molecular weight is 389 g/mol. The van der Waals surface area contributed by atoms with Crippen LogP contribution in [-0.4, -0.2) is 42.4 Å². The van der Waals surface area contributed by atoms with Crippen LogP contribution in [0, 0.1) is 11.3 Å². The molecule has 1 fully saturated rings. The molecule has 1 aromatic heterocycles. The Kier molecular flexibility index (Phi) is 5.49. The van der Waals surface area contributed by atoms with Crippen molar-refractivity contribution in [1.29, 1.82) is 5.26 Å². The van der Waals surface area contributed by atoms with Crippen molar-refractivity contribution in [2.24, 2.45) is 0 Å². The van der Waals surface area contributed by atoms with Crippen molar-refractivity contribution in [3.05, 3.63) is 77.2 Å². The number of anilines is 1. The summed E-state index contributed by atoms with van der Waals surface area (Å²) in [6, 6.07) is 17.8. The maximum atomic E-state index is 12.8. The quantitative estimate of drug-likeness (QED) is 0.714. The molecule has 4 rings (SSSR count). The van der Waals surface area contributed by atoms with Crippen LogP contribution in [0.3, 0.4) is 0 Å². The van der Waals surface area contributed by atoms with E-state index in [1.54, 1.807) is 24.3 Å². The lowest BCUT2D eigenvalue weighted by Crippen LogP contribution is -2.36. The Hall–Kier alpha value is -3.70. The number of carbonyl (C=O) groups is 1. The van der Waals surface area contributed by atoms with Gasteiger partial charge in [-0.15, -0.1) is 5.10 Å². The lowest BCUT2D eigenvalue weighted by Gasteiger charge is -2.24. The van der Waals surface area contributed by atoms with Gasteiger partial charge in [0.25, 0.3) is 5.91 Å². The van der Waals surface area contributed by atoms with E-state index in [2.05, 4.69) is 15.5 Å². The molecule has 1 saturated heterocycles. The first kappa shape index (κ1) is 18.7. The van der Waals surface area contributed by atoms with E-state index in [1.807, 2.05) is 41.3 Å². The molecule has 0 saturated carbocycles. The standard InChI is InChI=1S/C21H19N5O3/c22-14-15-6-8-17(9-7-15)19(27)23-18(16-4-2-1-3-5-16)20-24-25-21(29-20)26-10-12-28-13-11-26/h1-9,18H,10-13H2,(H,23,27). The summed E-state index contributed by atoms with van der Waals surface area (Å²) in [5, 5.41) is 20.2. The molecule has 3 aromatic rings. The van der Waals surface area contributed by atoms with Gasteiger partial charge in [0.05, 0.1) is 24.8 Å². The number of morpholine rings is 1. The molecule has 2 heterocycles. The fourth-order valence-electron chi connectivity index (χ4n) is 3.07. The Bertz CT molecular complexity index is 1000.